The number of ether oxygens (including phenoxy) is 1. The van der Waals surface area contributed by atoms with Gasteiger partial charge in [-0.2, -0.15) is 5.10 Å². The van der Waals surface area contributed by atoms with E-state index in [1.807, 2.05) is 24.3 Å². The molecule has 0 atom stereocenters. The van der Waals surface area contributed by atoms with Gasteiger partial charge in [0.05, 0.1) is 23.4 Å². The number of benzene rings is 2. The minimum atomic E-state index is -0.608. The van der Waals surface area contributed by atoms with E-state index in [1.54, 1.807) is 20.1 Å². The van der Waals surface area contributed by atoms with E-state index >= 15 is 0 Å². The Bertz CT molecular complexity index is 1210. The van der Waals surface area contributed by atoms with Gasteiger partial charge in [-0.25, -0.2) is 4.39 Å². The molecule has 30 heavy (non-hydrogen) atoms. The van der Waals surface area contributed by atoms with Gasteiger partial charge in [0, 0.05) is 11.6 Å². The summed E-state index contributed by atoms with van der Waals surface area (Å²) in [5.74, 6) is -0.0102. The number of para-hydroxylation sites is 1. The highest BCUT2D eigenvalue weighted by atomic mass is 35.5. The summed E-state index contributed by atoms with van der Waals surface area (Å²) in [7, 11) is 1.57. The number of anilines is 1. The van der Waals surface area contributed by atoms with Gasteiger partial charge < -0.3 is 14.6 Å². The van der Waals surface area contributed by atoms with Crippen molar-refractivity contribution in [1.82, 2.24) is 15.4 Å². The predicted molar refractivity (Wildman–Crippen MR) is 110 cm³/mol. The summed E-state index contributed by atoms with van der Waals surface area (Å²) in [6, 6.07) is 13.3. The zero-order valence-corrected chi connectivity index (χ0v) is 16.7. The molecular formula is C21H16ClFN4O3. The van der Waals surface area contributed by atoms with Crippen LogP contribution in [0.5, 0.6) is 5.75 Å². The summed E-state index contributed by atoms with van der Waals surface area (Å²) in [5, 5.41) is 13.6. The van der Waals surface area contributed by atoms with E-state index in [2.05, 4.69) is 20.7 Å². The maximum Gasteiger partial charge on any atom is 0.262 e. The highest BCUT2D eigenvalue weighted by Crippen LogP contribution is 2.34. The highest BCUT2D eigenvalue weighted by molar-refractivity contribution is 6.33. The molecular weight excluding hydrogens is 411 g/mol. The zero-order valence-electron chi connectivity index (χ0n) is 16.0. The second-order valence-corrected chi connectivity index (χ2v) is 6.79. The van der Waals surface area contributed by atoms with Gasteiger partial charge in [-0.3, -0.25) is 9.89 Å². The summed E-state index contributed by atoms with van der Waals surface area (Å²) in [5.41, 5.74) is 1.53. The lowest BCUT2D eigenvalue weighted by molar-refractivity contribution is 0.102. The van der Waals surface area contributed by atoms with Crippen LogP contribution in [0.1, 0.15) is 16.1 Å². The first-order valence-corrected chi connectivity index (χ1v) is 9.28. The Morgan fingerprint density at radius 2 is 2.03 bits per heavy atom. The monoisotopic (exact) mass is 426 g/mol. The van der Waals surface area contributed by atoms with Gasteiger partial charge in [0.25, 0.3) is 5.91 Å². The first-order valence-electron chi connectivity index (χ1n) is 8.90. The van der Waals surface area contributed by atoms with E-state index < -0.39 is 11.7 Å². The summed E-state index contributed by atoms with van der Waals surface area (Å²) in [6.45, 7) is 1.56. The molecule has 0 aliphatic carbocycles. The van der Waals surface area contributed by atoms with Crippen molar-refractivity contribution in [1.29, 1.82) is 0 Å². The van der Waals surface area contributed by atoms with Crippen molar-refractivity contribution in [3.63, 3.8) is 0 Å². The van der Waals surface area contributed by atoms with Crippen LogP contribution in [0.3, 0.4) is 0 Å². The van der Waals surface area contributed by atoms with Crippen molar-refractivity contribution < 1.29 is 18.4 Å². The fraction of sp³-hybridized carbons (Fsp3) is 0.0952. The van der Waals surface area contributed by atoms with Gasteiger partial charge in [0.2, 0.25) is 0 Å². The third-order valence-corrected chi connectivity index (χ3v) is 4.82. The molecule has 0 fully saturated rings. The molecule has 0 saturated heterocycles. The third-order valence-electron chi connectivity index (χ3n) is 4.51. The number of aromatic nitrogens is 3. The van der Waals surface area contributed by atoms with Gasteiger partial charge >= 0.3 is 0 Å². The quantitative estimate of drug-likeness (QED) is 0.463. The summed E-state index contributed by atoms with van der Waals surface area (Å²) < 4.78 is 24.8. The van der Waals surface area contributed by atoms with Crippen LogP contribution in [-0.4, -0.2) is 28.4 Å². The summed E-state index contributed by atoms with van der Waals surface area (Å²) in [4.78, 5) is 12.9. The van der Waals surface area contributed by atoms with Crippen molar-refractivity contribution in [2.45, 2.75) is 6.92 Å². The first-order chi connectivity index (χ1) is 14.5. The number of aromatic amines is 1. The number of H-pyrrole nitrogens is 1. The smallest absolute Gasteiger partial charge is 0.262 e. The van der Waals surface area contributed by atoms with E-state index in [4.69, 9.17) is 20.9 Å². The molecule has 2 aromatic carbocycles. The zero-order chi connectivity index (χ0) is 21.3. The van der Waals surface area contributed by atoms with Crippen LogP contribution < -0.4 is 10.1 Å². The number of hydrogen-bond donors (Lipinski definition) is 2. The second kappa shape index (κ2) is 8.00. The Hall–Kier alpha value is -3.65. The Morgan fingerprint density at radius 1 is 1.23 bits per heavy atom. The van der Waals surface area contributed by atoms with Crippen LogP contribution in [0, 0.1) is 12.7 Å². The lowest BCUT2D eigenvalue weighted by Crippen LogP contribution is -2.14. The topological polar surface area (TPSA) is 93.0 Å². The summed E-state index contributed by atoms with van der Waals surface area (Å²) >= 11 is 6.13. The molecule has 0 aliphatic rings. The van der Waals surface area contributed by atoms with E-state index in [1.165, 1.54) is 18.2 Å². The highest BCUT2D eigenvalue weighted by Gasteiger charge is 2.26. The maximum absolute atomic E-state index is 14.4. The van der Waals surface area contributed by atoms with Crippen molar-refractivity contribution in [2.75, 3.05) is 12.4 Å². The lowest BCUT2D eigenvalue weighted by atomic mass is 10.0. The van der Waals surface area contributed by atoms with Gasteiger partial charge in [-0.1, -0.05) is 35.0 Å². The molecule has 2 N–H and O–H groups in total. The van der Waals surface area contributed by atoms with Crippen LogP contribution in [0.4, 0.5) is 10.2 Å². The molecule has 2 aromatic heterocycles. The number of amides is 1. The molecule has 4 rings (SSSR count). The van der Waals surface area contributed by atoms with Crippen molar-refractivity contribution in [3.05, 3.63) is 70.7 Å². The molecule has 0 spiro atoms. The first kappa shape index (κ1) is 19.7. The second-order valence-electron chi connectivity index (χ2n) is 6.38. The largest absolute Gasteiger partial charge is 0.496 e. The van der Waals surface area contributed by atoms with Crippen LogP contribution in [0.25, 0.3) is 22.5 Å². The Balaban J connectivity index is 1.65. The molecule has 1 amide bonds. The Morgan fingerprint density at radius 3 is 2.80 bits per heavy atom. The normalized spacial score (nSPS) is 10.8. The number of hydrogen-bond acceptors (Lipinski definition) is 5. The number of nitrogens with zero attached hydrogens (tertiary/aromatic N) is 2. The van der Waals surface area contributed by atoms with Crippen LogP contribution >= 0.6 is 11.6 Å². The molecule has 2 heterocycles. The average Bonchev–Trinajstić information content (AvgIpc) is 3.34. The lowest BCUT2D eigenvalue weighted by Gasteiger charge is -2.06. The average molecular weight is 427 g/mol. The molecule has 0 unspecified atom stereocenters. The molecule has 9 heteroatoms. The third kappa shape index (κ3) is 3.53. The van der Waals surface area contributed by atoms with Gasteiger partial charge in [-0.15, -0.1) is 0 Å². The minimum Gasteiger partial charge on any atom is -0.496 e. The molecule has 4 aromatic rings. The van der Waals surface area contributed by atoms with Crippen molar-refractivity contribution in [3.8, 4) is 28.3 Å². The van der Waals surface area contributed by atoms with Crippen LogP contribution in [0.2, 0.25) is 5.02 Å². The van der Waals surface area contributed by atoms with Crippen LogP contribution in [0.15, 0.2) is 53.1 Å². The molecule has 0 bridgehead atoms. The summed E-state index contributed by atoms with van der Waals surface area (Å²) in [6.07, 6.45) is 0. The fourth-order valence-corrected chi connectivity index (χ4v) is 3.36. The molecule has 0 saturated carbocycles. The Kier molecular flexibility index (Phi) is 5.24. The van der Waals surface area contributed by atoms with Crippen LogP contribution in [-0.2, 0) is 0 Å². The number of nitrogens with one attached hydrogen (secondary N) is 2. The van der Waals surface area contributed by atoms with E-state index in [0.717, 1.165) is 5.56 Å². The van der Waals surface area contributed by atoms with Crippen molar-refractivity contribution in [2.24, 2.45) is 0 Å². The number of carbonyl (C=O) groups excluding carboxylic acids is 1. The fourth-order valence-electron chi connectivity index (χ4n) is 3.10. The van der Waals surface area contributed by atoms with Gasteiger partial charge in [0.1, 0.15) is 28.6 Å². The number of methoxy groups -OCH3 is 1. The minimum absolute atomic E-state index is 0.00194. The number of aryl methyl sites for hydroxylation is 1. The molecule has 0 radical (unpaired) electrons. The van der Waals surface area contributed by atoms with Gasteiger partial charge in [0.15, 0.2) is 5.82 Å². The number of carbonyl (C=O) groups is 1. The standard InChI is InChI=1S/C21H16ClFN4O3/c1-11-18(20(27-30-11)19-13(22)7-5-8-14(19)23)21(28)24-17-10-15(25-26-17)12-6-3-4-9-16(12)29-2/h3-10H,1-2H3,(H2,24,25,26,28). The SMILES string of the molecule is COc1ccccc1-c1cc(NC(=O)c2c(-c3c(F)cccc3Cl)noc2C)n[nH]1. The van der Waals surface area contributed by atoms with E-state index in [9.17, 15) is 9.18 Å². The number of halogens is 2. The Labute approximate surface area is 175 Å². The van der Waals surface area contributed by atoms with Crippen molar-refractivity contribution >= 4 is 23.3 Å². The molecule has 0 aliphatic heterocycles. The van der Waals surface area contributed by atoms with E-state index in [0.29, 0.717) is 11.4 Å². The van der Waals surface area contributed by atoms with Gasteiger partial charge in [-0.05, 0) is 31.2 Å². The predicted octanol–water partition coefficient (Wildman–Crippen LogP) is 5.09. The molecule has 152 valence electrons. The molecule has 7 nitrogen and oxygen atoms in total. The maximum atomic E-state index is 14.4. The number of rotatable bonds is 5. The van der Waals surface area contributed by atoms with E-state index in [-0.39, 0.29) is 33.4 Å².